The van der Waals surface area contributed by atoms with Crippen molar-refractivity contribution < 1.29 is 14.4 Å². The highest BCUT2D eigenvalue weighted by atomic mass is 16.2. The summed E-state index contributed by atoms with van der Waals surface area (Å²) in [6.45, 7) is 3.77. The summed E-state index contributed by atoms with van der Waals surface area (Å²) in [6.07, 6.45) is 4.93. The van der Waals surface area contributed by atoms with Crippen molar-refractivity contribution in [3.05, 3.63) is 114 Å². The molecule has 34 heavy (non-hydrogen) atoms. The van der Waals surface area contributed by atoms with Crippen LogP contribution in [0.15, 0.2) is 97.2 Å². The first-order valence-corrected chi connectivity index (χ1v) is 11.2. The minimum Gasteiger partial charge on any atom is -0.329 e. The number of amides is 1. The number of aromatic nitrogens is 1. The van der Waals surface area contributed by atoms with E-state index in [0.29, 0.717) is 11.1 Å². The van der Waals surface area contributed by atoms with Gasteiger partial charge in [0.1, 0.15) is 0 Å². The van der Waals surface area contributed by atoms with Crippen molar-refractivity contribution >= 4 is 34.6 Å². The van der Waals surface area contributed by atoms with Gasteiger partial charge in [0, 0.05) is 40.4 Å². The van der Waals surface area contributed by atoms with E-state index in [9.17, 15) is 14.4 Å². The van der Waals surface area contributed by atoms with E-state index in [4.69, 9.17) is 0 Å². The SMILES string of the molecule is CC(C)N(CC(=O)c1ccccc1)C(=O)/C=C/c1cn(C(=O)c2ccccc2)c2ccccc12. The topological polar surface area (TPSA) is 59.4 Å². The zero-order valence-corrected chi connectivity index (χ0v) is 19.2. The third-order valence-corrected chi connectivity index (χ3v) is 5.70. The summed E-state index contributed by atoms with van der Waals surface area (Å²) in [5, 5.41) is 0.868. The van der Waals surface area contributed by atoms with Crippen molar-refractivity contribution in [1.82, 2.24) is 9.47 Å². The molecular weight excluding hydrogens is 424 g/mol. The Bertz CT molecular complexity index is 1350. The number of carbonyl (C=O) groups is 3. The van der Waals surface area contributed by atoms with Gasteiger partial charge in [-0.3, -0.25) is 19.0 Å². The molecule has 5 heteroatoms. The van der Waals surface area contributed by atoms with Crippen LogP contribution in [0.3, 0.4) is 0 Å². The molecule has 0 unspecified atom stereocenters. The van der Waals surface area contributed by atoms with Gasteiger partial charge in [-0.15, -0.1) is 0 Å². The number of ketones is 1. The van der Waals surface area contributed by atoms with E-state index in [0.717, 1.165) is 16.5 Å². The molecule has 0 saturated heterocycles. The number of nitrogens with zero attached hydrogens (tertiary/aromatic N) is 2. The van der Waals surface area contributed by atoms with Crippen LogP contribution in [0.1, 0.15) is 40.1 Å². The number of para-hydroxylation sites is 1. The predicted octanol–water partition coefficient (Wildman–Crippen LogP) is 5.46. The molecule has 3 aromatic carbocycles. The van der Waals surface area contributed by atoms with Crippen LogP contribution in [0.2, 0.25) is 0 Å². The predicted molar refractivity (Wildman–Crippen MR) is 135 cm³/mol. The zero-order valence-electron chi connectivity index (χ0n) is 19.2. The van der Waals surface area contributed by atoms with Gasteiger partial charge >= 0.3 is 0 Å². The minimum atomic E-state index is -0.259. The molecule has 4 aromatic rings. The number of benzene rings is 3. The molecule has 0 N–H and O–H groups in total. The van der Waals surface area contributed by atoms with Crippen LogP contribution < -0.4 is 0 Å². The highest BCUT2D eigenvalue weighted by Crippen LogP contribution is 2.24. The first-order chi connectivity index (χ1) is 16.5. The molecule has 5 nitrogen and oxygen atoms in total. The smallest absolute Gasteiger partial charge is 0.262 e. The van der Waals surface area contributed by atoms with Crippen LogP contribution in [0.25, 0.3) is 17.0 Å². The molecule has 0 spiro atoms. The van der Waals surface area contributed by atoms with Crippen LogP contribution in [0.4, 0.5) is 0 Å². The summed E-state index contributed by atoms with van der Waals surface area (Å²) < 4.78 is 1.61. The Labute approximate surface area is 198 Å². The maximum absolute atomic E-state index is 13.1. The van der Waals surface area contributed by atoms with Gasteiger partial charge in [-0.25, -0.2) is 0 Å². The summed E-state index contributed by atoms with van der Waals surface area (Å²) >= 11 is 0. The lowest BCUT2D eigenvalue weighted by molar-refractivity contribution is -0.127. The van der Waals surface area contributed by atoms with Gasteiger partial charge in [-0.2, -0.15) is 0 Å². The fourth-order valence-corrected chi connectivity index (χ4v) is 3.87. The molecule has 4 rings (SSSR count). The Morgan fingerprint density at radius 1 is 0.824 bits per heavy atom. The van der Waals surface area contributed by atoms with Crippen LogP contribution >= 0.6 is 0 Å². The van der Waals surface area contributed by atoms with Crippen molar-refractivity contribution in [3.63, 3.8) is 0 Å². The fraction of sp³-hybridized carbons (Fsp3) is 0.138. The second kappa shape index (κ2) is 10.1. The largest absolute Gasteiger partial charge is 0.329 e. The van der Waals surface area contributed by atoms with Crippen molar-refractivity contribution in [2.24, 2.45) is 0 Å². The summed E-state index contributed by atoms with van der Waals surface area (Å²) in [5.74, 6) is -0.508. The van der Waals surface area contributed by atoms with E-state index in [-0.39, 0.29) is 30.2 Å². The molecular formula is C29H26N2O3. The molecule has 0 bridgehead atoms. The van der Waals surface area contributed by atoms with Crippen LogP contribution in [0.5, 0.6) is 0 Å². The summed E-state index contributed by atoms with van der Waals surface area (Å²) in [5.41, 5.74) is 2.68. The van der Waals surface area contributed by atoms with Crippen molar-refractivity contribution in [2.45, 2.75) is 19.9 Å². The van der Waals surface area contributed by atoms with Crippen molar-refractivity contribution in [1.29, 1.82) is 0 Å². The van der Waals surface area contributed by atoms with Gasteiger partial charge in [0.2, 0.25) is 5.91 Å². The van der Waals surface area contributed by atoms with E-state index in [1.165, 1.54) is 6.08 Å². The Morgan fingerprint density at radius 2 is 1.41 bits per heavy atom. The van der Waals surface area contributed by atoms with E-state index in [1.54, 1.807) is 58.1 Å². The number of fused-ring (bicyclic) bond motifs is 1. The lowest BCUT2D eigenvalue weighted by Crippen LogP contribution is -2.39. The maximum Gasteiger partial charge on any atom is 0.262 e. The molecule has 1 amide bonds. The van der Waals surface area contributed by atoms with Gasteiger partial charge in [0.25, 0.3) is 5.91 Å². The second-order valence-corrected chi connectivity index (χ2v) is 8.33. The lowest BCUT2D eigenvalue weighted by Gasteiger charge is -2.24. The molecule has 0 radical (unpaired) electrons. The normalized spacial score (nSPS) is 11.3. The van der Waals surface area contributed by atoms with Crippen LogP contribution in [-0.2, 0) is 4.79 Å². The van der Waals surface area contributed by atoms with Crippen LogP contribution in [-0.4, -0.2) is 39.7 Å². The van der Waals surface area contributed by atoms with Gasteiger partial charge in [-0.1, -0.05) is 66.7 Å². The summed E-state index contributed by atoms with van der Waals surface area (Å²) in [6, 6.07) is 25.5. The number of rotatable bonds is 7. The molecule has 1 heterocycles. The van der Waals surface area contributed by atoms with Gasteiger partial charge in [0.05, 0.1) is 12.1 Å². The average Bonchev–Trinajstić information content (AvgIpc) is 3.24. The molecule has 1 aromatic heterocycles. The monoisotopic (exact) mass is 450 g/mol. The molecule has 0 aliphatic heterocycles. The quantitative estimate of drug-likeness (QED) is 0.277. The molecule has 0 atom stereocenters. The summed E-state index contributed by atoms with van der Waals surface area (Å²) in [4.78, 5) is 40.3. The highest BCUT2D eigenvalue weighted by Gasteiger charge is 2.20. The Kier molecular flexibility index (Phi) is 6.83. The van der Waals surface area contributed by atoms with E-state index < -0.39 is 0 Å². The third-order valence-electron chi connectivity index (χ3n) is 5.70. The lowest BCUT2D eigenvalue weighted by atomic mass is 10.1. The Hall–Kier alpha value is -4.25. The van der Waals surface area contributed by atoms with E-state index >= 15 is 0 Å². The molecule has 0 fully saturated rings. The number of hydrogen-bond acceptors (Lipinski definition) is 3. The first-order valence-electron chi connectivity index (χ1n) is 11.2. The van der Waals surface area contributed by atoms with Gasteiger partial charge < -0.3 is 4.90 Å². The zero-order chi connectivity index (χ0) is 24.1. The minimum absolute atomic E-state index is 0.000887. The Balaban J connectivity index is 1.60. The first kappa shape index (κ1) is 22.9. The molecule has 0 saturated carbocycles. The van der Waals surface area contributed by atoms with Crippen molar-refractivity contribution in [3.8, 4) is 0 Å². The van der Waals surface area contributed by atoms with Crippen molar-refractivity contribution in [2.75, 3.05) is 6.54 Å². The van der Waals surface area contributed by atoms with E-state index in [2.05, 4.69) is 0 Å². The number of hydrogen-bond donors (Lipinski definition) is 0. The summed E-state index contributed by atoms with van der Waals surface area (Å²) in [7, 11) is 0. The second-order valence-electron chi connectivity index (χ2n) is 8.33. The Morgan fingerprint density at radius 3 is 2.06 bits per heavy atom. The van der Waals surface area contributed by atoms with Gasteiger partial charge in [0.15, 0.2) is 5.78 Å². The highest BCUT2D eigenvalue weighted by molar-refractivity contribution is 6.06. The van der Waals surface area contributed by atoms with Gasteiger partial charge in [-0.05, 0) is 38.1 Å². The molecule has 0 aliphatic rings. The van der Waals surface area contributed by atoms with Crippen LogP contribution in [0, 0.1) is 0 Å². The molecule has 0 aliphatic carbocycles. The average molecular weight is 451 g/mol. The molecule has 170 valence electrons. The fourth-order valence-electron chi connectivity index (χ4n) is 3.87. The maximum atomic E-state index is 13.1. The van der Waals surface area contributed by atoms with E-state index in [1.807, 2.05) is 62.4 Å². The third kappa shape index (κ3) is 4.89. The number of Topliss-reactive ketones (excluding diaryl/α,β-unsaturated/α-hetero) is 1. The standard InChI is InChI=1S/C29H26N2O3/c1-21(2)30(20-27(32)22-11-5-3-6-12-22)28(33)18-17-24-19-31(26-16-10-9-15-25(24)26)29(34)23-13-7-4-8-14-23/h3-19,21H,20H2,1-2H3/b18-17+. The number of carbonyl (C=O) groups excluding carboxylic acids is 3.